The second-order valence-corrected chi connectivity index (χ2v) is 3.53. The third-order valence-electron chi connectivity index (χ3n) is 2.87. The summed E-state index contributed by atoms with van der Waals surface area (Å²) in [6.45, 7) is 4.71. The molecule has 2 aliphatic rings. The molecule has 0 aromatic rings. The van der Waals surface area contributed by atoms with Crippen LogP contribution in [0.2, 0.25) is 0 Å². The van der Waals surface area contributed by atoms with Gasteiger partial charge >= 0.3 is 0 Å². The quantitative estimate of drug-likeness (QED) is 0.549. The summed E-state index contributed by atoms with van der Waals surface area (Å²) in [5, 5.41) is 7.05. The average molecular weight is 140 g/mol. The van der Waals surface area contributed by atoms with Crippen LogP contribution in [-0.4, -0.2) is 25.2 Å². The molecule has 0 radical (unpaired) electrons. The van der Waals surface area contributed by atoms with Gasteiger partial charge in [-0.1, -0.05) is 6.92 Å². The lowest BCUT2D eigenvalue weighted by Gasteiger charge is -2.09. The van der Waals surface area contributed by atoms with E-state index in [-0.39, 0.29) is 0 Å². The van der Waals surface area contributed by atoms with E-state index in [0.717, 1.165) is 18.0 Å². The first-order chi connectivity index (χ1) is 4.90. The van der Waals surface area contributed by atoms with Gasteiger partial charge in [0, 0.05) is 18.6 Å². The van der Waals surface area contributed by atoms with E-state index in [4.69, 9.17) is 0 Å². The molecule has 2 nitrogen and oxygen atoms in total. The molecule has 3 atom stereocenters. The van der Waals surface area contributed by atoms with Crippen LogP contribution in [0.1, 0.15) is 19.8 Å². The van der Waals surface area contributed by atoms with E-state index < -0.39 is 0 Å². The van der Waals surface area contributed by atoms with Crippen molar-refractivity contribution < 1.29 is 0 Å². The van der Waals surface area contributed by atoms with Gasteiger partial charge in [0.2, 0.25) is 0 Å². The molecule has 0 spiro atoms. The Morgan fingerprint density at radius 3 is 3.00 bits per heavy atom. The zero-order valence-corrected chi connectivity index (χ0v) is 6.56. The summed E-state index contributed by atoms with van der Waals surface area (Å²) in [6.07, 6.45) is 2.70. The molecule has 0 amide bonds. The third kappa shape index (κ3) is 0.956. The van der Waals surface area contributed by atoms with Crippen molar-refractivity contribution in [2.24, 2.45) is 5.92 Å². The van der Waals surface area contributed by atoms with Gasteiger partial charge < -0.3 is 10.6 Å². The van der Waals surface area contributed by atoms with Gasteiger partial charge in [0.1, 0.15) is 0 Å². The summed E-state index contributed by atoms with van der Waals surface area (Å²) in [7, 11) is 0. The predicted molar refractivity (Wildman–Crippen MR) is 42.0 cm³/mol. The number of nitrogens with one attached hydrogen (secondary N) is 2. The van der Waals surface area contributed by atoms with Crippen molar-refractivity contribution in [1.29, 1.82) is 0 Å². The molecule has 0 aromatic heterocycles. The van der Waals surface area contributed by atoms with Crippen LogP contribution < -0.4 is 10.6 Å². The Kier molecular flexibility index (Phi) is 1.66. The summed E-state index contributed by atoms with van der Waals surface area (Å²) < 4.78 is 0. The van der Waals surface area contributed by atoms with Crippen molar-refractivity contribution in [3.05, 3.63) is 0 Å². The maximum absolute atomic E-state index is 3.64. The van der Waals surface area contributed by atoms with Gasteiger partial charge in [0.25, 0.3) is 0 Å². The molecule has 2 heteroatoms. The zero-order chi connectivity index (χ0) is 6.97. The third-order valence-corrected chi connectivity index (χ3v) is 2.87. The van der Waals surface area contributed by atoms with Gasteiger partial charge in [-0.05, 0) is 25.3 Å². The van der Waals surface area contributed by atoms with E-state index in [1.165, 1.54) is 25.9 Å². The van der Waals surface area contributed by atoms with Crippen LogP contribution in [0.4, 0.5) is 0 Å². The van der Waals surface area contributed by atoms with Crippen LogP contribution >= 0.6 is 0 Å². The minimum absolute atomic E-state index is 0.796. The van der Waals surface area contributed by atoms with Crippen LogP contribution in [0.5, 0.6) is 0 Å². The van der Waals surface area contributed by atoms with Gasteiger partial charge in [-0.3, -0.25) is 0 Å². The molecular formula is C8H16N2. The lowest BCUT2D eigenvalue weighted by Crippen LogP contribution is -2.33. The van der Waals surface area contributed by atoms with Crippen molar-refractivity contribution in [3.8, 4) is 0 Å². The van der Waals surface area contributed by atoms with E-state index in [0.29, 0.717) is 0 Å². The van der Waals surface area contributed by atoms with Crippen molar-refractivity contribution in [1.82, 2.24) is 10.6 Å². The second kappa shape index (κ2) is 2.51. The van der Waals surface area contributed by atoms with Gasteiger partial charge in [-0.2, -0.15) is 0 Å². The molecule has 2 N–H and O–H groups in total. The Balaban J connectivity index is 1.94. The van der Waals surface area contributed by atoms with Gasteiger partial charge in [0.15, 0.2) is 0 Å². The van der Waals surface area contributed by atoms with E-state index >= 15 is 0 Å². The predicted octanol–water partition coefficient (Wildman–Crippen LogP) is 0.346. The minimum atomic E-state index is 0.796. The molecule has 2 rings (SSSR count). The lowest BCUT2D eigenvalue weighted by atomic mass is 10.0. The van der Waals surface area contributed by atoms with E-state index in [2.05, 4.69) is 17.6 Å². The molecule has 10 heavy (non-hydrogen) atoms. The molecule has 58 valence electrons. The van der Waals surface area contributed by atoms with Crippen LogP contribution in [-0.2, 0) is 0 Å². The molecule has 0 aliphatic carbocycles. The number of hydrogen-bond donors (Lipinski definition) is 2. The van der Waals surface area contributed by atoms with Crippen molar-refractivity contribution >= 4 is 0 Å². The Labute approximate surface area is 62.4 Å². The molecule has 0 aromatic carbocycles. The standard InChI is InChI=1S/C8H16N2/c1-2-7-3-6-4-9-5-8(6)10-7/h6-10H,2-5H2,1H3. The van der Waals surface area contributed by atoms with Gasteiger partial charge in [-0.15, -0.1) is 0 Å². The van der Waals surface area contributed by atoms with E-state index in [1.54, 1.807) is 0 Å². The highest BCUT2D eigenvalue weighted by atomic mass is 15.1. The Morgan fingerprint density at radius 2 is 2.30 bits per heavy atom. The van der Waals surface area contributed by atoms with Crippen molar-refractivity contribution in [2.75, 3.05) is 13.1 Å². The summed E-state index contributed by atoms with van der Waals surface area (Å²) in [6, 6.07) is 1.61. The maximum atomic E-state index is 3.64. The number of hydrogen-bond acceptors (Lipinski definition) is 2. The Morgan fingerprint density at radius 1 is 1.40 bits per heavy atom. The van der Waals surface area contributed by atoms with Gasteiger partial charge in [0.05, 0.1) is 0 Å². The van der Waals surface area contributed by atoms with E-state index in [1.807, 2.05) is 0 Å². The molecule has 2 heterocycles. The van der Waals surface area contributed by atoms with Crippen LogP contribution in [0, 0.1) is 5.92 Å². The van der Waals surface area contributed by atoms with Gasteiger partial charge in [-0.25, -0.2) is 0 Å². The Bertz CT molecular complexity index is 112. The molecule has 0 bridgehead atoms. The number of rotatable bonds is 1. The molecule has 2 fully saturated rings. The summed E-state index contributed by atoms with van der Waals surface area (Å²) >= 11 is 0. The topological polar surface area (TPSA) is 24.1 Å². The second-order valence-electron chi connectivity index (χ2n) is 3.53. The fourth-order valence-corrected chi connectivity index (χ4v) is 2.20. The van der Waals surface area contributed by atoms with Crippen LogP contribution in [0.15, 0.2) is 0 Å². The molecular weight excluding hydrogens is 124 g/mol. The summed E-state index contributed by atoms with van der Waals surface area (Å²) in [4.78, 5) is 0. The highest BCUT2D eigenvalue weighted by molar-refractivity contribution is 4.96. The molecule has 2 aliphatic heterocycles. The molecule has 0 saturated carbocycles. The highest BCUT2D eigenvalue weighted by Crippen LogP contribution is 2.24. The number of fused-ring (bicyclic) bond motifs is 1. The monoisotopic (exact) mass is 140 g/mol. The zero-order valence-electron chi connectivity index (χ0n) is 6.56. The average Bonchev–Trinajstić information content (AvgIpc) is 2.42. The molecule has 3 unspecified atom stereocenters. The summed E-state index contributed by atoms with van der Waals surface area (Å²) in [5.41, 5.74) is 0. The molecule has 2 saturated heterocycles. The highest BCUT2D eigenvalue weighted by Gasteiger charge is 2.35. The minimum Gasteiger partial charge on any atom is -0.315 e. The maximum Gasteiger partial charge on any atom is 0.0235 e. The normalized spacial score (nSPS) is 45.9. The fourth-order valence-electron chi connectivity index (χ4n) is 2.20. The van der Waals surface area contributed by atoms with Crippen LogP contribution in [0.3, 0.4) is 0 Å². The first-order valence-corrected chi connectivity index (χ1v) is 4.37. The van der Waals surface area contributed by atoms with E-state index in [9.17, 15) is 0 Å². The first kappa shape index (κ1) is 6.62. The Hall–Kier alpha value is -0.0800. The largest absolute Gasteiger partial charge is 0.315 e. The van der Waals surface area contributed by atoms with Crippen molar-refractivity contribution in [2.45, 2.75) is 31.8 Å². The first-order valence-electron chi connectivity index (χ1n) is 4.37. The lowest BCUT2D eigenvalue weighted by molar-refractivity contribution is 0.525. The van der Waals surface area contributed by atoms with Crippen molar-refractivity contribution in [3.63, 3.8) is 0 Å². The fraction of sp³-hybridized carbons (Fsp3) is 1.00. The van der Waals surface area contributed by atoms with Crippen LogP contribution in [0.25, 0.3) is 0 Å². The smallest absolute Gasteiger partial charge is 0.0235 e. The SMILES string of the molecule is CCC1CC2CNCC2N1. The summed E-state index contributed by atoms with van der Waals surface area (Å²) in [5.74, 6) is 0.935.